The molecule has 1 heterocycles. The van der Waals surface area contributed by atoms with Crippen LogP contribution in [0.5, 0.6) is 5.75 Å². The molecule has 1 aliphatic carbocycles. The minimum absolute atomic E-state index is 0.0316. The van der Waals surface area contributed by atoms with Crippen molar-refractivity contribution in [1.29, 1.82) is 0 Å². The molecule has 3 rings (SSSR count). The van der Waals surface area contributed by atoms with Gasteiger partial charge in [0.05, 0.1) is 12.0 Å². The Kier molecular flexibility index (Phi) is 8.75. The number of hydrogen-bond acceptors (Lipinski definition) is 5. The van der Waals surface area contributed by atoms with Gasteiger partial charge in [0, 0.05) is 19.0 Å². The van der Waals surface area contributed by atoms with E-state index < -0.39 is 0 Å². The van der Waals surface area contributed by atoms with Crippen LogP contribution in [0.15, 0.2) is 29.2 Å². The highest BCUT2D eigenvalue weighted by Crippen LogP contribution is 2.33. The molecule has 2 aliphatic rings. The zero-order valence-electron chi connectivity index (χ0n) is 17.5. The molecule has 1 aromatic carbocycles. The van der Waals surface area contributed by atoms with Gasteiger partial charge in [-0.3, -0.25) is 14.5 Å². The van der Waals surface area contributed by atoms with E-state index in [1.54, 1.807) is 12.0 Å². The second-order valence-electron chi connectivity index (χ2n) is 7.82. The minimum Gasteiger partial charge on any atom is -0.497 e. The Morgan fingerprint density at radius 3 is 2.63 bits per heavy atom. The number of nitrogens with one attached hydrogen (secondary N) is 1. The summed E-state index contributed by atoms with van der Waals surface area (Å²) in [6, 6.07) is 7.96. The summed E-state index contributed by atoms with van der Waals surface area (Å²) in [5.74, 6) is 0.915. The van der Waals surface area contributed by atoms with Crippen LogP contribution in [0.3, 0.4) is 0 Å². The van der Waals surface area contributed by atoms with Crippen LogP contribution in [0.2, 0.25) is 0 Å². The molecule has 0 radical (unpaired) electrons. The van der Waals surface area contributed by atoms with Gasteiger partial charge in [0.1, 0.15) is 10.1 Å². The van der Waals surface area contributed by atoms with E-state index in [4.69, 9.17) is 17.0 Å². The van der Waals surface area contributed by atoms with Crippen LogP contribution in [0.25, 0.3) is 6.08 Å². The summed E-state index contributed by atoms with van der Waals surface area (Å²) >= 11 is 6.75. The quantitative estimate of drug-likeness (QED) is 0.332. The maximum atomic E-state index is 12.7. The number of ether oxygens (including phenoxy) is 1. The fourth-order valence-electron chi connectivity index (χ4n) is 3.82. The van der Waals surface area contributed by atoms with E-state index >= 15 is 0 Å². The highest BCUT2D eigenvalue weighted by atomic mass is 32.2. The Morgan fingerprint density at radius 2 is 1.93 bits per heavy atom. The van der Waals surface area contributed by atoms with Crippen molar-refractivity contribution in [1.82, 2.24) is 10.2 Å². The van der Waals surface area contributed by atoms with Gasteiger partial charge in [-0.2, -0.15) is 0 Å². The number of carbonyl (C=O) groups is 2. The van der Waals surface area contributed by atoms with E-state index in [0.29, 0.717) is 28.2 Å². The number of amides is 2. The summed E-state index contributed by atoms with van der Waals surface area (Å²) in [5.41, 5.74) is 0.945. The fraction of sp³-hybridized carbons (Fsp3) is 0.522. The van der Waals surface area contributed by atoms with Gasteiger partial charge >= 0.3 is 0 Å². The highest BCUT2D eigenvalue weighted by Gasteiger charge is 2.31. The normalized spacial score (nSPS) is 18.8. The number of carbonyl (C=O) groups excluding carboxylic acids is 2. The molecule has 1 saturated carbocycles. The van der Waals surface area contributed by atoms with E-state index in [2.05, 4.69) is 5.32 Å². The smallest absolute Gasteiger partial charge is 0.266 e. The molecule has 2 fully saturated rings. The molecule has 0 aromatic heterocycles. The van der Waals surface area contributed by atoms with E-state index in [9.17, 15) is 9.59 Å². The third kappa shape index (κ3) is 6.57. The zero-order valence-corrected chi connectivity index (χ0v) is 19.2. The first-order chi connectivity index (χ1) is 14.6. The van der Waals surface area contributed by atoms with Gasteiger partial charge in [0.2, 0.25) is 5.91 Å². The largest absolute Gasteiger partial charge is 0.497 e. The van der Waals surface area contributed by atoms with Crippen molar-refractivity contribution in [2.75, 3.05) is 13.7 Å². The van der Waals surface area contributed by atoms with Gasteiger partial charge in [0.15, 0.2) is 0 Å². The number of thioether (sulfide) groups is 1. The van der Waals surface area contributed by atoms with Crippen molar-refractivity contribution < 1.29 is 14.3 Å². The van der Waals surface area contributed by atoms with Crippen molar-refractivity contribution in [2.24, 2.45) is 0 Å². The maximum absolute atomic E-state index is 12.7. The Labute approximate surface area is 188 Å². The molecule has 2 amide bonds. The lowest BCUT2D eigenvalue weighted by molar-refractivity contribution is -0.123. The molecule has 30 heavy (non-hydrogen) atoms. The summed E-state index contributed by atoms with van der Waals surface area (Å²) in [6.45, 7) is 0.606. The molecule has 1 aliphatic heterocycles. The first-order valence-electron chi connectivity index (χ1n) is 10.8. The highest BCUT2D eigenvalue weighted by molar-refractivity contribution is 8.26. The summed E-state index contributed by atoms with van der Waals surface area (Å²) in [6.07, 6.45) is 11.0. The number of nitrogens with zero attached hydrogens (tertiary/aromatic N) is 1. The predicted octanol–water partition coefficient (Wildman–Crippen LogP) is 4.91. The third-order valence-electron chi connectivity index (χ3n) is 5.54. The molecule has 7 heteroatoms. The number of thiocarbonyl (C=S) groups is 1. The van der Waals surface area contributed by atoms with Crippen molar-refractivity contribution >= 4 is 46.2 Å². The predicted molar refractivity (Wildman–Crippen MR) is 126 cm³/mol. The summed E-state index contributed by atoms with van der Waals surface area (Å²) in [7, 11) is 1.63. The Hall–Kier alpha value is -1.86. The molecular weight excluding hydrogens is 416 g/mol. The van der Waals surface area contributed by atoms with Gasteiger partial charge in [-0.15, -0.1) is 0 Å². The first-order valence-corrected chi connectivity index (χ1v) is 12.0. The first kappa shape index (κ1) is 22.8. The average molecular weight is 447 g/mol. The van der Waals surface area contributed by atoms with E-state index in [0.717, 1.165) is 43.4 Å². The lowest BCUT2D eigenvalue weighted by Crippen LogP contribution is -2.36. The molecule has 0 unspecified atom stereocenters. The standard InChI is InChI=1S/C23H30N2O3S2/c1-28-19-13-11-17(12-14-19)16-20-22(27)25(23(29)30-20)15-7-3-6-10-21(26)24-18-8-4-2-5-9-18/h11-14,16,18H,2-10,15H2,1H3,(H,24,26). The van der Waals surface area contributed by atoms with E-state index in [1.807, 2.05) is 30.3 Å². The molecule has 0 spiro atoms. The lowest BCUT2D eigenvalue weighted by atomic mass is 9.95. The molecule has 0 bridgehead atoms. The Balaban J connectivity index is 1.38. The molecular formula is C23H30N2O3S2. The lowest BCUT2D eigenvalue weighted by Gasteiger charge is -2.22. The number of benzene rings is 1. The average Bonchev–Trinajstić information content (AvgIpc) is 3.02. The van der Waals surface area contributed by atoms with Gasteiger partial charge in [0.25, 0.3) is 5.91 Å². The minimum atomic E-state index is -0.0316. The van der Waals surface area contributed by atoms with Gasteiger partial charge in [-0.1, -0.05) is 61.8 Å². The molecule has 1 N–H and O–H groups in total. The van der Waals surface area contributed by atoms with Crippen LogP contribution < -0.4 is 10.1 Å². The molecule has 5 nitrogen and oxygen atoms in total. The van der Waals surface area contributed by atoms with Crippen molar-refractivity contribution in [2.45, 2.75) is 63.8 Å². The number of unbranched alkanes of at least 4 members (excludes halogenated alkanes) is 2. The van der Waals surface area contributed by atoms with Crippen molar-refractivity contribution in [3.8, 4) is 5.75 Å². The van der Waals surface area contributed by atoms with Gasteiger partial charge < -0.3 is 10.1 Å². The summed E-state index contributed by atoms with van der Waals surface area (Å²) < 4.78 is 5.77. The SMILES string of the molecule is COc1ccc(C=C2SC(=S)N(CCCCCC(=O)NC3CCCCC3)C2=O)cc1. The fourth-order valence-corrected chi connectivity index (χ4v) is 5.13. The molecule has 1 saturated heterocycles. The van der Waals surface area contributed by atoms with E-state index in [-0.39, 0.29) is 11.8 Å². The second-order valence-corrected chi connectivity index (χ2v) is 9.50. The summed E-state index contributed by atoms with van der Waals surface area (Å²) in [4.78, 5) is 27.1. The molecule has 0 atom stereocenters. The summed E-state index contributed by atoms with van der Waals surface area (Å²) in [5, 5.41) is 3.16. The van der Waals surface area contributed by atoms with Crippen LogP contribution in [0, 0.1) is 0 Å². The Morgan fingerprint density at radius 1 is 1.20 bits per heavy atom. The van der Waals surface area contributed by atoms with Gasteiger partial charge in [-0.25, -0.2) is 0 Å². The Bertz CT molecular complexity index is 786. The van der Waals surface area contributed by atoms with Crippen LogP contribution in [-0.2, 0) is 9.59 Å². The topological polar surface area (TPSA) is 58.6 Å². The number of rotatable bonds is 9. The number of hydrogen-bond donors (Lipinski definition) is 1. The molecule has 1 aromatic rings. The third-order valence-corrected chi connectivity index (χ3v) is 6.92. The maximum Gasteiger partial charge on any atom is 0.266 e. The van der Waals surface area contributed by atoms with Crippen molar-refractivity contribution in [3.05, 3.63) is 34.7 Å². The zero-order chi connectivity index (χ0) is 21.3. The van der Waals surface area contributed by atoms with Crippen LogP contribution in [0.4, 0.5) is 0 Å². The van der Waals surface area contributed by atoms with Crippen LogP contribution in [0.1, 0.15) is 63.4 Å². The monoisotopic (exact) mass is 446 g/mol. The van der Waals surface area contributed by atoms with Gasteiger partial charge in [-0.05, 0) is 49.5 Å². The van der Waals surface area contributed by atoms with Crippen LogP contribution in [-0.4, -0.2) is 40.7 Å². The molecule has 162 valence electrons. The van der Waals surface area contributed by atoms with Crippen LogP contribution >= 0.6 is 24.0 Å². The number of methoxy groups -OCH3 is 1. The second kappa shape index (κ2) is 11.5. The van der Waals surface area contributed by atoms with Crippen molar-refractivity contribution in [3.63, 3.8) is 0 Å². The van der Waals surface area contributed by atoms with E-state index in [1.165, 1.54) is 31.0 Å².